The van der Waals surface area contributed by atoms with E-state index in [1.54, 1.807) is 4.90 Å². The highest BCUT2D eigenvalue weighted by Gasteiger charge is 2.30. The Bertz CT molecular complexity index is 862. The van der Waals surface area contributed by atoms with E-state index < -0.39 is 0 Å². The van der Waals surface area contributed by atoms with Crippen LogP contribution in [0.2, 0.25) is 0 Å². The van der Waals surface area contributed by atoms with Crippen LogP contribution in [0.25, 0.3) is 0 Å². The van der Waals surface area contributed by atoms with E-state index in [0.717, 1.165) is 53.8 Å². The maximum absolute atomic E-state index is 12.8. The van der Waals surface area contributed by atoms with Gasteiger partial charge in [-0.05, 0) is 56.5 Å². The first-order chi connectivity index (χ1) is 14.1. The third-order valence-corrected chi connectivity index (χ3v) is 5.08. The number of benzene rings is 2. The van der Waals surface area contributed by atoms with Crippen LogP contribution in [0.1, 0.15) is 60.5 Å². The minimum atomic E-state index is -0.119. The second-order valence-electron chi connectivity index (χ2n) is 7.33. The van der Waals surface area contributed by atoms with E-state index in [1.165, 1.54) is 0 Å². The summed E-state index contributed by atoms with van der Waals surface area (Å²) in [5, 5.41) is 0. The molecule has 0 saturated heterocycles. The van der Waals surface area contributed by atoms with Crippen LogP contribution in [0.15, 0.2) is 42.5 Å². The highest BCUT2D eigenvalue weighted by molar-refractivity contribution is 6.10. The summed E-state index contributed by atoms with van der Waals surface area (Å²) in [5.74, 6) is 0.693. The summed E-state index contributed by atoms with van der Waals surface area (Å²) in [6.07, 6.45) is 4.23. The van der Waals surface area contributed by atoms with Crippen LogP contribution in [0.4, 0.5) is 5.69 Å². The topological polar surface area (TPSA) is 55.8 Å². The van der Waals surface area contributed by atoms with Crippen molar-refractivity contribution < 1.29 is 19.1 Å². The lowest BCUT2D eigenvalue weighted by atomic mass is 10.1. The van der Waals surface area contributed by atoms with Gasteiger partial charge in [0, 0.05) is 23.2 Å². The molecular weight excluding hydrogens is 366 g/mol. The molecule has 154 valence electrons. The second-order valence-corrected chi connectivity index (χ2v) is 7.33. The van der Waals surface area contributed by atoms with Gasteiger partial charge in [-0.15, -0.1) is 0 Å². The SMILES string of the molecule is CCOC(=O)CCCCCCOc1cccc2c1CN(c1cccc(C)c1)C2=O. The zero-order chi connectivity index (χ0) is 20.6. The van der Waals surface area contributed by atoms with Gasteiger partial charge in [0.2, 0.25) is 0 Å². The Morgan fingerprint density at radius 2 is 1.86 bits per heavy atom. The van der Waals surface area contributed by atoms with Gasteiger partial charge in [0.25, 0.3) is 5.91 Å². The van der Waals surface area contributed by atoms with Crippen LogP contribution in [0.5, 0.6) is 5.75 Å². The normalized spacial score (nSPS) is 12.8. The monoisotopic (exact) mass is 395 g/mol. The molecule has 5 nitrogen and oxygen atoms in total. The number of hydrogen-bond donors (Lipinski definition) is 0. The van der Waals surface area contributed by atoms with E-state index in [-0.39, 0.29) is 11.9 Å². The summed E-state index contributed by atoms with van der Waals surface area (Å²) < 4.78 is 10.9. The molecule has 0 aliphatic carbocycles. The van der Waals surface area contributed by atoms with E-state index in [0.29, 0.717) is 26.2 Å². The van der Waals surface area contributed by atoms with Crippen molar-refractivity contribution >= 4 is 17.6 Å². The van der Waals surface area contributed by atoms with E-state index in [1.807, 2.05) is 56.3 Å². The molecule has 0 atom stereocenters. The van der Waals surface area contributed by atoms with Crippen LogP contribution >= 0.6 is 0 Å². The minimum absolute atomic E-state index is 0.0232. The number of fused-ring (bicyclic) bond motifs is 1. The predicted octanol–water partition coefficient (Wildman–Crippen LogP) is 5.05. The third kappa shape index (κ3) is 5.37. The van der Waals surface area contributed by atoms with Crippen molar-refractivity contribution in [3.63, 3.8) is 0 Å². The molecule has 0 saturated carbocycles. The number of unbranched alkanes of at least 4 members (excludes halogenated alkanes) is 3. The number of ether oxygens (including phenoxy) is 2. The van der Waals surface area contributed by atoms with Gasteiger partial charge in [-0.2, -0.15) is 0 Å². The van der Waals surface area contributed by atoms with E-state index >= 15 is 0 Å². The maximum atomic E-state index is 12.8. The number of hydrogen-bond acceptors (Lipinski definition) is 4. The molecule has 1 aliphatic heterocycles. The van der Waals surface area contributed by atoms with E-state index in [9.17, 15) is 9.59 Å². The molecule has 0 N–H and O–H groups in total. The van der Waals surface area contributed by atoms with Gasteiger partial charge in [0.15, 0.2) is 0 Å². The Labute approximate surface area is 172 Å². The Morgan fingerprint density at radius 3 is 2.66 bits per heavy atom. The van der Waals surface area contributed by atoms with Gasteiger partial charge >= 0.3 is 5.97 Å². The maximum Gasteiger partial charge on any atom is 0.305 e. The van der Waals surface area contributed by atoms with E-state index in [2.05, 4.69) is 0 Å². The lowest BCUT2D eigenvalue weighted by molar-refractivity contribution is -0.143. The molecule has 0 aromatic heterocycles. The van der Waals surface area contributed by atoms with Gasteiger partial charge in [-0.1, -0.05) is 31.0 Å². The molecule has 5 heteroatoms. The van der Waals surface area contributed by atoms with Gasteiger partial charge < -0.3 is 14.4 Å². The molecule has 0 radical (unpaired) electrons. The largest absolute Gasteiger partial charge is 0.493 e. The van der Waals surface area contributed by atoms with Gasteiger partial charge in [0.05, 0.1) is 19.8 Å². The van der Waals surface area contributed by atoms with Gasteiger partial charge in [-0.25, -0.2) is 0 Å². The Hall–Kier alpha value is -2.82. The van der Waals surface area contributed by atoms with Crippen molar-refractivity contribution in [3.05, 3.63) is 59.2 Å². The molecule has 2 aromatic carbocycles. The zero-order valence-corrected chi connectivity index (χ0v) is 17.3. The molecule has 1 heterocycles. The number of carbonyl (C=O) groups is 2. The number of nitrogens with zero attached hydrogens (tertiary/aromatic N) is 1. The van der Waals surface area contributed by atoms with Crippen molar-refractivity contribution in [2.75, 3.05) is 18.1 Å². The Morgan fingerprint density at radius 1 is 1.07 bits per heavy atom. The van der Waals surface area contributed by atoms with Crippen LogP contribution in [-0.4, -0.2) is 25.1 Å². The summed E-state index contributed by atoms with van der Waals surface area (Å²) >= 11 is 0. The van der Waals surface area contributed by atoms with Crippen LogP contribution in [0, 0.1) is 6.92 Å². The Balaban J connectivity index is 1.50. The second kappa shape index (κ2) is 10.1. The minimum Gasteiger partial charge on any atom is -0.493 e. The average Bonchev–Trinajstić information content (AvgIpc) is 3.05. The van der Waals surface area contributed by atoms with Gasteiger partial charge in [0.1, 0.15) is 5.75 Å². The summed E-state index contributed by atoms with van der Waals surface area (Å²) in [6.45, 7) is 5.43. The summed E-state index contributed by atoms with van der Waals surface area (Å²) in [6, 6.07) is 13.7. The predicted molar refractivity (Wildman–Crippen MR) is 113 cm³/mol. The molecule has 0 bridgehead atoms. The fraction of sp³-hybridized carbons (Fsp3) is 0.417. The summed E-state index contributed by atoms with van der Waals surface area (Å²) in [5.41, 5.74) is 3.73. The quantitative estimate of drug-likeness (QED) is 0.417. The van der Waals surface area contributed by atoms with E-state index in [4.69, 9.17) is 9.47 Å². The number of anilines is 1. The fourth-order valence-electron chi connectivity index (χ4n) is 3.58. The summed E-state index contributed by atoms with van der Waals surface area (Å²) in [4.78, 5) is 26.0. The smallest absolute Gasteiger partial charge is 0.305 e. The lowest BCUT2D eigenvalue weighted by Crippen LogP contribution is -2.22. The standard InChI is InChI=1S/C24H29NO4/c1-3-28-23(26)14-6-4-5-7-15-29-22-13-9-12-20-21(22)17-25(24(20)27)19-11-8-10-18(2)16-19/h8-13,16H,3-7,14-15,17H2,1-2H3. The molecule has 1 aliphatic rings. The summed E-state index contributed by atoms with van der Waals surface area (Å²) in [7, 11) is 0. The van der Waals surface area contributed by atoms with Crippen LogP contribution in [-0.2, 0) is 16.1 Å². The van der Waals surface area contributed by atoms with Crippen molar-refractivity contribution in [3.8, 4) is 5.75 Å². The van der Waals surface area contributed by atoms with Crippen molar-refractivity contribution in [1.29, 1.82) is 0 Å². The van der Waals surface area contributed by atoms with Crippen LogP contribution in [0.3, 0.4) is 0 Å². The van der Waals surface area contributed by atoms with Crippen molar-refractivity contribution in [2.24, 2.45) is 0 Å². The third-order valence-electron chi connectivity index (χ3n) is 5.08. The average molecular weight is 395 g/mol. The van der Waals surface area contributed by atoms with Crippen LogP contribution < -0.4 is 9.64 Å². The molecule has 2 aromatic rings. The highest BCUT2D eigenvalue weighted by Crippen LogP contribution is 2.34. The highest BCUT2D eigenvalue weighted by atomic mass is 16.5. The van der Waals surface area contributed by atoms with Gasteiger partial charge in [-0.3, -0.25) is 9.59 Å². The first-order valence-electron chi connectivity index (χ1n) is 10.4. The Kier molecular flexibility index (Phi) is 7.28. The first kappa shape index (κ1) is 20.9. The zero-order valence-electron chi connectivity index (χ0n) is 17.3. The molecule has 0 spiro atoms. The molecule has 0 unspecified atom stereocenters. The fourth-order valence-corrected chi connectivity index (χ4v) is 3.58. The molecule has 3 rings (SSSR count). The first-order valence-corrected chi connectivity index (χ1v) is 10.4. The van der Waals surface area contributed by atoms with Crippen molar-refractivity contribution in [1.82, 2.24) is 0 Å². The number of aryl methyl sites for hydroxylation is 1. The number of carbonyl (C=O) groups excluding carboxylic acids is 2. The lowest BCUT2D eigenvalue weighted by Gasteiger charge is -2.16. The molecule has 29 heavy (non-hydrogen) atoms. The van der Waals surface area contributed by atoms with Crippen molar-refractivity contribution in [2.45, 2.75) is 52.5 Å². The number of esters is 1. The molecule has 0 fully saturated rings. The number of rotatable bonds is 10. The molecular formula is C24H29NO4. The number of amides is 1. The molecule has 1 amide bonds.